The molecular weight excluding hydrogens is 394 g/mol. The van der Waals surface area contributed by atoms with E-state index in [1.807, 2.05) is 78.9 Å². The molecule has 0 aliphatic carbocycles. The second-order valence-corrected chi connectivity index (χ2v) is 7.71. The monoisotopic (exact) mass is 411 g/mol. The Labute approximate surface area is 176 Å². The summed E-state index contributed by atoms with van der Waals surface area (Å²) in [6.45, 7) is 0. The summed E-state index contributed by atoms with van der Waals surface area (Å²) in [5, 5.41) is 13.1. The molecule has 0 aliphatic rings. The lowest BCUT2D eigenvalue weighted by Crippen LogP contribution is -2.11. The molecule has 0 spiro atoms. The zero-order chi connectivity index (χ0) is 20.3. The SMILES string of the molecule is O=C(Nc1ccccc1)c1ccc(CSc2nnc3c(n2)[nH]c2ccccc23)cc1. The number of carbonyl (C=O) groups excluding carboxylic acids is 1. The summed E-state index contributed by atoms with van der Waals surface area (Å²) in [6.07, 6.45) is 0. The van der Waals surface area contributed by atoms with Crippen molar-refractivity contribution in [3.05, 3.63) is 90.0 Å². The highest BCUT2D eigenvalue weighted by molar-refractivity contribution is 7.98. The molecule has 0 saturated carbocycles. The quantitative estimate of drug-likeness (QED) is 0.395. The number of benzene rings is 3. The predicted molar refractivity (Wildman–Crippen MR) is 120 cm³/mol. The number of rotatable bonds is 5. The number of H-pyrrole nitrogens is 1. The molecule has 0 bridgehead atoms. The van der Waals surface area contributed by atoms with E-state index >= 15 is 0 Å². The molecule has 0 radical (unpaired) electrons. The normalized spacial score (nSPS) is 11.1. The Morgan fingerprint density at radius 3 is 2.50 bits per heavy atom. The standard InChI is InChI=1S/C23H17N5OS/c29-22(24-17-6-2-1-3-7-17)16-12-10-15(11-13-16)14-30-23-26-21-20(27-28-23)18-8-4-5-9-19(18)25-21/h1-13H,14H2,(H,24,29)(H,25,26,28). The van der Waals surface area contributed by atoms with Gasteiger partial charge in [0.1, 0.15) is 5.52 Å². The van der Waals surface area contributed by atoms with Crippen LogP contribution < -0.4 is 5.32 Å². The van der Waals surface area contributed by atoms with Crippen molar-refractivity contribution in [2.45, 2.75) is 10.9 Å². The molecule has 30 heavy (non-hydrogen) atoms. The second kappa shape index (κ2) is 7.96. The maximum Gasteiger partial charge on any atom is 0.255 e. The van der Waals surface area contributed by atoms with E-state index in [1.165, 1.54) is 11.8 Å². The fraction of sp³-hybridized carbons (Fsp3) is 0.0435. The summed E-state index contributed by atoms with van der Waals surface area (Å²) in [6, 6.07) is 24.9. The van der Waals surface area contributed by atoms with Gasteiger partial charge in [0.15, 0.2) is 5.65 Å². The molecule has 0 fully saturated rings. The number of amides is 1. The van der Waals surface area contributed by atoms with E-state index in [4.69, 9.17) is 0 Å². The predicted octanol–water partition coefficient (Wildman–Crippen LogP) is 5.05. The van der Waals surface area contributed by atoms with Crippen LogP contribution in [0.5, 0.6) is 0 Å². The zero-order valence-electron chi connectivity index (χ0n) is 15.9. The molecule has 5 rings (SSSR count). The number of aromatic nitrogens is 4. The lowest BCUT2D eigenvalue weighted by molar-refractivity contribution is 0.102. The van der Waals surface area contributed by atoms with Crippen LogP contribution in [0, 0.1) is 0 Å². The van der Waals surface area contributed by atoms with E-state index in [0.717, 1.165) is 33.3 Å². The van der Waals surface area contributed by atoms with Crippen LogP contribution in [0.25, 0.3) is 22.1 Å². The largest absolute Gasteiger partial charge is 0.338 e. The maximum absolute atomic E-state index is 12.4. The van der Waals surface area contributed by atoms with E-state index in [1.54, 1.807) is 0 Å². The summed E-state index contributed by atoms with van der Waals surface area (Å²) in [4.78, 5) is 20.2. The number of carbonyl (C=O) groups is 1. The topological polar surface area (TPSA) is 83.6 Å². The van der Waals surface area contributed by atoms with Crippen molar-refractivity contribution in [3.63, 3.8) is 0 Å². The first kappa shape index (κ1) is 18.3. The minimum atomic E-state index is -0.128. The molecule has 0 aliphatic heterocycles. The van der Waals surface area contributed by atoms with E-state index in [-0.39, 0.29) is 5.91 Å². The van der Waals surface area contributed by atoms with Crippen molar-refractivity contribution in [1.29, 1.82) is 0 Å². The summed E-state index contributed by atoms with van der Waals surface area (Å²) >= 11 is 1.51. The molecule has 1 amide bonds. The summed E-state index contributed by atoms with van der Waals surface area (Å²) in [7, 11) is 0. The van der Waals surface area contributed by atoms with Crippen LogP contribution in [0.4, 0.5) is 5.69 Å². The van der Waals surface area contributed by atoms with Crippen molar-refractivity contribution in [2.24, 2.45) is 0 Å². The minimum Gasteiger partial charge on any atom is -0.338 e. The van der Waals surface area contributed by atoms with E-state index in [9.17, 15) is 4.79 Å². The van der Waals surface area contributed by atoms with Crippen LogP contribution in [-0.4, -0.2) is 26.1 Å². The first-order valence-electron chi connectivity index (χ1n) is 9.45. The Hall–Kier alpha value is -3.71. The molecule has 2 heterocycles. The van der Waals surface area contributed by atoms with Crippen LogP contribution in [0.15, 0.2) is 84.0 Å². The van der Waals surface area contributed by atoms with Gasteiger partial charge in [0.25, 0.3) is 5.91 Å². The number of nitrogens with one attached hydrogen (secondary N) is 2. The minimum absolute atomic E-state index is 0.128. The van der Waals surface area contributed by atoms with Gasteiger partial charge < -0.3 is 10.3 Å². The average molecular weight is 411 g/mol. The van der Waals surface area contributed by atoms with Crippen LogP contribution in [0.1, 0.15) is 15.9 Å². The molecule has 2 aromatic heterocycles. The number of para-hydroxylation sites is 2. The van der Waals surface area contributed by atoms with Gasteiger partial charge in [0.05, 0.1) is 0 Å². The third-order valence-electron chi connectivity index (χ3n) is 4.72. The number of hydrogen-bond donors (Lipinski definition) is 2. The maximum atomic E-state index is 12.4. The summed E-state index contributed by atoms with van der Waals surface area (Å²) < 4.78 is 0. The van der Waals surface area contributed by atoms with Gasteiger partial charge in [0, 0.05) is 27.9 Å². The molecule has 3 aromatic carbocycles. The second-order valence-electron chi connectivity index (χ2n) is 6.77. The molecule has 6 nitrogen and oxygen atoms in total. The van der Waals surface area contributed by atoms with Crippen molar-refractivity contribution in [2.75, 3.05) is 5.32 Å². The highest BCUT2D eigenvalue weighted by Gasteiger charge is 2.10. The number of fused-ring (bicyclic) bond motifs is 3. The molecule has 5 aromatic rings. The Balaban J connectivity index is 1.26. The van der Waals surface area contributed by atoms with Crippen LogP contribution in [-0.2, 0) is 5.75 Å². The zero-order valence-corrected chi connectivity index (χ0v) is 16.7. The highest BCUT2D eigenvalue weighted by Crippen LogP contribution is 2.25. The van der Waals surface area contributed by atoms with Gasteiger partial charge in [-0.1, -0.05) is 60.3 Å². The van der Waals surface area contributed by atoms with Gasteiger partial charge in [-0.3, -0.25) is 4.79 Å². The molecular formula is C23H17N5OS. The molecule has 0 atom stereocenters. The van der Waals surface area contributed by atoms with Gasteiger partial charge in [-0.15, -0.1) is 10.2 Å². The lowest BCUT2D eigenvalue weighted by atomic mass is 10.1. The highest BCUT2D eigenvalue weighted by atomic mass is 32.2. The number of hydrogen-bond acceptors (Lipinski definition) is 5. The van der Waals surface area contributed by atoms with Crippen molar-refractivity contribution < 1.29 is 4.79 Å². The Morgan fingerprint density at radius 2 is 1.67 bits per heavy atom. The average Bonchev–Trinajstić information content (AvgIpc) is 3.16. The van der Waals surface area contributed by atoms with Gasteiger partial charge in [-0.2, -0.15) is 0 Å². The number of aromatic amines is 1. The van der Waals surface area contributed by atoms with Crippen LogP contribution >= 0.6 is 11.8 Å². The van der Waals surface area contributed by atoms with Crippen LogP contribution in [0.2, 0.25) is 0 Å². The summed E-state index contributed by atoms with van der Waals surface area (Å²) in [5.41, 5.74) is 4.99. The first-order chi connectivity index (χ1) is 14.8. The third-order valence-corrected chi connectivity index (χ3v) is 5.63. The van der Waals surface area contributed by atoms with Crippen molar-refractivity contribution in [1.82, 2.24) is 20.2 Å². The fourth-order valence-electron chi connectivity index (χ4n) is 3.19. The molecule has 7 heteroatoms. The Morgan fingerprint density at radius 1 is 0.900 bits per heavy atom. The van der Waals surface area contributed by atoms with Gasteiger partial charge in [-0.05, 0) is 35.9 Å². The van der Waals surface area contributed by atoms with Crippen molar-refractivity contribution in [3.8, 4) is 0 Å². The molecule has 0 saturated heterocycles. The third kappa shape index (κ3) is 3.75. The summed E-state index contributed by atoms with van der Waals surface area (Å²) in [5.74, 6) is 0.561. The number of thioether (sulfide) groups is 1. The number of nitrogens with zero attached hydrogens (tertiary/aromatic N) is 3. The van der Waals surface area contributed by atoms with E-state index in [0.29, 0.717) is 16.5 Å². The van der Waals surface area contributed by atoms with Gasteiger partial charge in [-0.25, -0.2) is 4.98 Å². The molecule has 146 valence electrons. The molecule has 2 N–H and O–H groups in total. The Kier molecular flexibility index (Phi) is 4.86. The fourth-order valence-corrected chi connectivity index (χ4v) is 3.93. The number of anilines is 1. The lowest BCUT2D eigenvalue weighted by Gasteiger charge is -2.06. The molecule has 0 unspecified atom stereocenters. The first-order valence-corrected chi connectivity index (χ1v) is 10.4. The van der Waals surface area contributed by atoms with Crippen LogP contribution in [0.3, 0.4) is 0 Å². The smallest absolute Gasteiger partial charge is 0.255 e. The Bertz CT molecular complexity index is 1330. The van der Waals surface area contributed by atoms with Gasteiger partial charge in [0.2, 0.25) is 5.16 Å². The van der Waals surface area contributed by atoms with E-state index in [2.05, 4.69) is 25.5 Å². The van der Waals surface area contributed by atoms with Crippen molar-refractivity contribution >= 4 is 45.4 Å². The van der Waals surface area contributed by atoms with Gasteiger partial charge >= 0.3 is 0 Å². The van der Waals surface area contributed by atoms with E-state index < -0.39 is 0 Å².